The highest BCUT2D eigenvalue weighted by molar-refractivity contribution is 6.32. The Morgan fingerprint density at radius 2 is 2.11 bits per heavy atom. The van der Waals surface area contributed by atoms with Gasteiger partial charge in [0.05, 0.1) is 21.3 Å². The van der Waals surface area contributed by atoms with Gasteiger partial charge in [-0.25, -0.2) is 0 Å². The second kappa shape index (κ2) is 4.47. The van der Waals surface area contributed by atoms with Gasteiger partial charge in [0.25, 0.3) is 0 Å². The summed E-state index contributed by atoms with van der Waals surface area (Å²) in [5, 5.41) is 18.9. The van der Waals surface area contributed by atoms with Crippen LogP contribution < -0.4 is 0 Å². The van der Waals surface area contributed by atoms with Gasteiger partial charge in [0.2, 0.25) is 5.69 Å². The molecular weight excluding hydrogens is 274 g/mol. The summed E-state index contributed by atoms with van der Waals surface area (Å²) >= 11 is 5.95. The molecule has 0 saturated carbocycles. The summed E-state index contributed by atoms with van der Waals surface area (Å²) in [6.07, 6.45) is 1.03. The number of aryl methyl sites for hydroxylation is 2. The SMILES string of the molecule is Cc1nn(C(=O)c2c([N+](=O)[O-])cnn2C)c(C)c1Cl. The van der Waals surface area contributed by atoms with Crippen LogP contribution in [0.1, 0.15) is 21.9 Å². The topological polar surface area (TPSA) is 95.8 Å². The van der Waals surface area contributed by atoms with E-state index in [4.69, 9.17) is 11.6 Å². The van der Waals surface area contributed by atoms with Gasteiger partial charge in [-0.15, -0.1) is 0 Å². The molecule has 0 aliphatic heterocycles. The lowest BCUT2D eigenvalue weighted by molar-refractivity contribution is -0.385. The molecular formula is C10H10ClN5O3. The van der Waals surface area contributed by atoms with E-state index >= 15 is 0 Å². The number of hydrogen-bond acceptors (Lipinski definition) is 5. The second-order valence-corrected chi connectivity index (χ2v) is 4.34. The van der Waals surface area contributed by atoms with Crippen LogP contribution in [0.15, 0.2) is 6.20 Å². The number of rotatable bonds is 2. The number of nitrogens with zero attached hydrogens (tertiary/aromatic N) is 5. The molecule has 0 N–H and O–H groups in total. The summed E-state index contributed by atoms with van der Waals surface area (Å²) in [6.45, 7) is 3.26. The molecule has 19 heavy (non-hydrogen) atoms. The van der Waals surface area contributed by atoms with Crippen LogP contribution in [-0.2, 0) is 7.05 Å². The van der Waals surface area contributed by atoms with Crippen molar-refractivity contribution in [3.05, 3.63) is 38.4 Å². The molecule has 0 atom stereocenters. The van der Waals surface area contributed by atoms with Gasteiger partial charge in [-0.05, 0) is 13.8 Å². The van der Waals surface area contributed by atoms with Crippen LogP contribution >= 0.6 is 11.6 Å². The number of carbonyl (C=O) groups excluding carboxylic acids is 1. The van der Waals surface area contributed by atoms with E-state index in [0.717, 1.165) is 15.6 Å². The summed E-state index contributed by atoms with van der Waals surface area (Å²) in [5.41, 5.74) is 0.403. The molecule has 0 radical (unpaired) electrons. The zero-order valence-electron chi connectivity index (χ0n) is 10.4. The molecule has 0 unspecified atom stereocenters. The maximum absolute atomic E-state index is 12.3. The van der Waals surface area contributed by atoms with Crippen LogP contribution in [0.2, 0.25) is 5.02 Å². The fraction of sp³-hybridized carbons (Fsp3) is 0.300. The zero-order chi connectivity index (χ0) is 14.3. The van der Waals surface area contributed by atoms with E-state index in [1.54, 1.807) is 13.8 Å². The van der Waals surface area contributed by atoms with Gasteiger partial charge in [0.1, 0.15) is 6.20 Å². The Balaban J connectivity index is 2.59. The molecule has 2 aromatic rings. The minimum Gasteiger partial charge on any atom is -0.265 e. The second-order valence-electron chi connectivity index (χ2n) is 3.96. The van der Waals surface area contributed by atoms with Crippen molar-refractivity contribution < 1.29 is 9.72 Å². The molecule has 0 aliphatic rings. The van der Waals surface area contributed by atoms with Crippen molar-refractivity contribution in [2.75, 3.05) is 0 Å². The van der Waals surface area contributed by atoms with Crippen molar-refractivity contribution in [3.63, 3.8) is 0 Å². The lowest BCUT2D eigenvalue weighted by Gasteiger charge is -2.03. The van der Waals surface area contributed by atoms with Crippen LogP contribution in [0.4, 0.5) is 5.69 Å². The highest BCUT2D eigenvalue weighted by Gasteiger charge is 2.28. The molecule has 2 rings (SSSR count). The number of nitro groups is 1. The summed E-state index contributed by atoms with van der Waals surface area (Å²) in [6, 6.07) is 0. The Bertz CT molecular complexity index is 688. The molecule has 100 valence electrons. The molecule has 0 aromatic carbocycles. The van der Waals surface area contributed by atoms with Gasteiger partial charge < -0.3 is 0 Å². The summed E-state index contributed by atoms with van der Waals surface area (Å²) in [5.74, 6) is -0.640. The standard InChI is InChI=1S/C10H10ClN5O3/c1-5-8(11)6(2)15(13-5)10(17)9-7(16(18)19)4-12-14(9)3/h4H,1-3H3. The Kier molecular flexibility index (Phi) is 3.11. The van der Waals surface area contributed by atoms with Crippen LogP contribution in [0.5, 0.6) is 0 Å². The van der Waals surface area contributed by atoms with Crippen LogP contribution in [-0.4, -0.2) is 30.4 Å². The molecule has 0 amide bonds. The smallest absolute Gasteiger partial charge is 0.265 e. The van der Waals surface area contributed by atoms with Crippen molar-refractivity contribution >= 4 is 23.2 Å². The van der Waals surface area contributed by atoms with Crippen molar-refractivity contribution in [2.45, 2.75) is 13.8 Å². The minimum absolute atomic E-state index is 0.146. The van der Waals surface area contributed by atoms with Crippen molar-refractivity contribution in [3.8, 4) is 0 Å². The van der Waals surface area contributed by atoms with Gasteiger partial charge in [-0.2, -0.15) is 14.9 Å². The van der Waals surface area contributed by atoms with Gasteiger partial charge in [-0.3, -0.25) is 19.6 Å². The Hall–Kier alpha value is -2.22. The largest absolute Gasteiger partial charge is 0.320 e. The lowest BCUT2D eigenvalue weighted by Crippen LogP contribution is -2.20. The van der Waals surface area contributed by atoms with Crippen molar-refractivity contribution in [2.24, 2.45) is 7.05 Å². The summed E-state index contributed by atoms with van der Waals surface area (Å²) in [4.78, 5) is 22.5. The Morgan fingerprint density at radius 1 is 1.47 bits per heavy atom. The third kappa shape index (κ3) is 1.99. The monoisotopic (exact) mass is 283 g/mol. The highest BCUT2D eigenvalue weighted by atomic mass is 35.5. The first-order valence-corrected chi connectivity index (χ1v) is 5.65. The van der Waals surface area contributed by atoms with Crippen LogP contribution in [0.3, 0.4) is 0 Å². The molecule has 2 aromatic heterocycles. The summed E-state index contributed by atoms with van der Waals surface area (Å²) in [7, 11) is 1.45. The molecule has 0 fully saturated rings. The molecule has 0 bridgehead atoms. The third-order valence-corrected chi connectivity index (χ3v) is 3.26. The number of hydrogen-bond donors (Lipinski definition) is 0. The molecule has 0 aliphatic carbocycles. The first kappa shape index (κ1) is 13.2. The fourth-order valence-corrected chi connectivity index (χ4v) is 1.85. The maximum atomic E-state index is 12.3. The first-order chi connectivity index (χ1) is 8.84. The van der Waals surface area contributed by atoms with Crippen molar-refractivity contribution in [1.82, 2.24) is 19.6 Å². The number of aromatic nitrogens is 4. The molecule has 9 heteroatoms. The van der Waals surface area contributed by atoms with Gasteiger partial charge in [0, 0.05) is 7.05 Å². The Morgan fingerprint density at radius 3 is 2.58 bits per heavy atom. The van der Waals surface area contributed by atoms with E-state index in [1.165, 1.54) is 7.05 Å². The molecule has 0 saturated heterocycles. The molecule has 2 heterocycles. The average Bonchev–Trinajstić information content (AvgIpc) is 2.85. The number of carbonyl (C=O) groups is 1. The molecule has 0 spiro atoms. The molecule has 8 nitrogen and oxygen atoms in total. The van der Waals surface area contributed by atoms with E-state index in [-0.39, 0.29) is 11.4 Å². The van der Waals surface area contributed by atoms with E-state index in [9.17, 15) is 14.9 Å². The first-order valence-electron chi connectivity index (χ1n) is 5.27. The van der Waals surface area contributed by atoms with Crippen molar-refractivity contribution in [1.29, 1.82) is 0 Å². The minimum atomic E-state index is -0.659. The zero-order valence-corrected chi connectivity index (χ0v) is 11.2. The summed E-state index contributed by atoms with van der Waals surface area (Å²) < 4.78 is 2.19. The van der Waals surface area contributed by atoms with Gasteiger partial charge >= 0.3 is 11.6 Å². The van der Waals surface area contributed by atoms with Crippen LogP contribution in [0, 0.1) is 24.0 Å². The van der Waals surface area contributed by atoms with E-state index in [0.29, 0.717) is 16.4 Å². The highest BCUT2D eigenvalue weighted by Crippen LogP contribution is 2.23. The van der Waals surface area contributed by atoms with Crippen LogP contribution in [0.25, 0.3) is 0 Å². The normalized spacial score (nSPS) is 10.7. The predicted molar refractivity (Wildman–Crippen MR) is 66.3 cm³/mol. The quantitative estimate of drug-likeness (QED) is 0.614. The number of halogens is 1. The van der Waals surface area contributed by atoms with Gasteiger partial charge in [0.15, 0.2) is 0 Å². The Labute approximate surface area is 112 Å². The van der Waals surface area contributed by atoms with E-state index in [2.05, 4.69) is 10.2 Å². The van der Waals surface area contributed by atoms with Gasteiger partial charge in [-0.1, -0.05) is 11.6 Å². The third-order valence-electron chi connectivity index (χ3n) is 2.71. The van der Waals surface area contributed by atoms with E-state index in [1.807, 2.05) is 0 Å². The lowest BCUT2D eigenvalue weighted by atomic mass is 10.3. The average molecular weight is 284 g/mol. The fourth-order valence-electron chi connectivity index (χ4n) is 1.73. The predicted octanol–water partition coefficient (Wildman–Crippen LogP) is 1.48. The maximum Gasteiger partial charge on any atom is 0.320 e. The van der Waals surface area contributed by atoms with E-state index < -0.39 is 10.8 Å².